The zero-order valence-corrected chi connectivity index (χ0v) is 12.2. The summed E-state index contributed by atoms with van der Waals surface area (Å²) >= 11 is 0. The van der Waals surface area contributed by atoms with Crippen LogP contribution in [0.25, 0.3) is 6.08 Å². The fourth-order valence-electron chi connectivity index (χ4n) is 1.93. The first kappa shape index (κ1) is 13.7. The number of benzene rings is 1. The van der Waals surface area contributed by atoms with Gasteiger partial charge in [-0.2, -0.15) is 0 Å². The summed E-state index contributed by atoms with van der Waals surface area (Å²) in [6, 6.07) is 4.31. The predicted octanol–water partition coefficient (Wildman–Crippen LogP) is 3.71. The van der Waals surface area contributed by atoms with E-state index in [4.69, 9.17) is 9.47 Å². The van der Waals surface area contributed by atoms with Crippen LogP contribution in [0.5, 0.6) is 11.5 Å². The molecule has 19 heavy (non-hydrogen) atoms. The highest BCUT2D eigenvalue weighted by Crippen LogP contribution is 2.39. The first-order chi connectivity index (χ1) is 8.91. The van der Waals surface area contributed by atoms with E-state index in [-0.39, 0.29) is 11.6 Å². The molecule has 0 spiro atoms. The van der Waals surface area contributed by atoms with Gasteiger partial charge in [-0.05, 0) is 51.5 Å². The van der Waals surface area contributed by atoms with Crippen LogP contribution in [0.2, 0.25) is 0 Å². The molecule has 0 saturated carbocycles. The van der Waals surface area contributed by atoms with Crippen LogP contribution in [0.1, 0.15) is 38.8 Å². The molecule has 1 heterocycles. The zero-order valence-electron chi connectivity index (χ0n) is 12.2. The third kappa shape index (κ3) is 3.16. The fraction of sp³-hybridized carbons (Fsp3) is 0.438. The monoisotopic (exact) mass is 259 g/mol. The Morgan fingerprint density at radius 3 is 2.68 bits per heavy atom. The van der Waals surface area contributed by atoms with Crippen molar-refractivity contribution < 1.29 is 9.47 Å². The molecule has 2 rings (SSSR count). The number of ether oxygens (including phenoxy) is 2. The van der Waals surface area contributed by atoms with Crippen LogP contribution in [0.4, 0.5) is 0 Å². The maximum absolute atomic E-state index is 5.97. The maximum atomic E-state index is 5.97. The largest absolute Gasteiger partial charge is 0.493 e. The fourth-order valence-corrected chi connectivity index (χ4v) is 1.93. The van der Waals surface area contributed by atoms with Crippen molar-refractivity contribution in [3.63, 3.8) is 0 Å². The number of hydrogen-bond acceptors (Lipinski definition) is 3. The van der Waals surface area contributed by atoms with Crippen molar-refractivity contribution in [2.75, 3.05) is 7.11 Å². The number of fused-ring (bicyclic) bond motifs is 1. The molecule has 0 aliphatic carbocycles. The highest BCUT2D eigenvalue weighted by molar-refractivity contribution is 5.84. The van der Waals surface area contributed by atoms with Gasteiger partial charge in [-0.3, -0.25) is 4.99 Å². The van der Waals surface area contributed by atoms with Crippen molar-refractivity contribution in [3.05, 3.63) is 29.3 Å². The molecular formula is C16H21NO2. The average molecular weight is 259 g/mol. The Balaban J connectivity index is 2.44. The van der Waals surface area contributed by atoms with Gasteiger partial charge in [0.2, 0.25) is 0 Å². The van der Waals surface area contributed by atoms with Crippen LogP contribution in [0.15, 0.2) is 23.2 Å². The minimum Gasteiger partial charge on any atom is -0.493 e. The number of nitrogens with zero attached hydrogens (tertiary/aromatic N) is 1. The molecule has 1 aliphatic heterocycles. The molecule has 0 N–H and O–H groups in total. The van der Waals surface area contributed by atoms with E-state index in [9.17, 15) is 0 Å². The molecule has 102 valence electrons. The summed E-state index contributed by atoms with van der Waals surface area (Å²) in [6.45, 7) is 8.16. The van der Waals surface area contributed by atoms with E-state index in [1.165, 1.54) is 0 Å². The molecule has 1 aliphatic rings. The molecule has 1 aromatic carbocycles. The summed E-state index contributed by atoms with van der Waals surface area (Å²) in [5, 5.41) is 0. The van der Waals surface area contributed by atoms with E-state index in [1.54, 1.807) is 7.11 Å². The van der Waals surface area contributed by atoms with Crippen LogP contribution in [-0.2, 0) is 0 Å². The summed E-state index contributed by atoms with van der Waals surface area (Å²) < 4.78 is 11.4. The van der Waals surface area contributed by atoms with Gasteiger partial charge in [0.05, 0.1) is 7.11 Å². The quantitative estimate of drug-likeness (QED) is 0.775. The lowest BCUT2D eigenvalue weighted by molar-refractivity contribution is 0.152. The van der Waals surface area contributed by atoms with Crippen molar-refractivity contribution in [1.82, 2.24) is 0 Å². The molecule has 0 radical (unpaired) electrons. The average Bonchev–Trinajstić information content (AvgIpc) is 2.34. The van der Waals surface area contributed by atoms with Gasteiger partial charge in [-0.15, -0.1) is 0 Å². The highest BCUT2D eigenvalue weighted by Gasteiger charge is 2.24. The lowest BCUT2D eigenvalue weighted by atomic mass is 10.0. The third-order valence-corrected chi connectivity index (χ3v) is 2.88. The smallest absolute Gasteiger partial charge is 0.169 e. The van der Waals surface area contributed by atoms with Crippen molar-refractivity contribution in [1.29, 1.82) is 0 Å². The zero-order chi connectivity index (χ0) is 14.0. The number of hydrogen-bond donors (Lipinski definition) is 0. The molecule has 0 aromatic heterocycles. The molecule has 0 saturated heterocycles. The summed E-state index contributed by atoms with van der Waals surface area (Å²) in [5.41, 5.74) is 1.76. The summed E-state index contributed by atoms with van der Waals surface area (Å²) in [5.74, 6) is 1.55. The van der Waals surface area contributed by atoms with Crippen LogP contribution in [-0.4, -0.2) is 25.0 Å². The van der Waals surface area contributed by atoms with Gasteiger partial charge in [0.15, 0.2) is 11.5 Å². The Bertz CT molecular complexity index is 528. The second-order valence-electron chi connectivity index (χ2n) is 5.55. The lowest BCUT2D eigenvalue weighted by Crippen LogP contribution is -2.27. The molecule has 0 atom stereocenters. The van der Waals surface area contributed by atoms with Gasteiger partial charge >= 0.3 is 0 Å². The van der Waals surface area contributed by atoms with Crippen LogP contribution >= 0.6 is 0 Å². The first-order valence-corrected chi connectivity index (χ1v) is 6.55. The van der Waals surface area contributed by atoms with Gasteiger partial charge in [0, 0.05) is 17.8 Å². The Labute approximate surface area is 115 Å². The first-order valence-electron chi connectivity index (χ1n) is 6.55. The molecule has 1 aromatic rings. The predicted molar refractivity (Wildman–Crippen MR) is 79.5 cm³/mol. The molecule has 3 heteroatoms. The highest BCUT2D eigenvalue weighted by atomic mass is 16.5. The van der Waals surface area contributed by atoms with Crippen molar-refractivity contribution in [2.45, 2.75) is 39.3 Å². The molecule has 0 amide bonds. The third-order valence-electron chi connectivity index (χ3n) is 2.88. The second-order valence-corrected chi connectivity index (χ2v) is 5.55. The van der Waals surface area contributed by atoms with E-state index in [0.717, 1.165) is 22.6 Å². The van der Waals surface area contributed by atoms with Crippen molar-refractivity contribution >= 4 is 12.3 Å². The molecule has 0 unspecified atom stereocenters. The minimum atomic E-state index is -0.298. The van der Waals surface area contributed by atoms with Crippen LogP contribution in [0.3, 0.4) is 0 Å². The van der Waals surface area contributed by atoms with Crippen LogP contribution < -0.4 is 9.47 Å². The summed E-state index contributed by atoms with van der Waals surface area (Å²) in [6.07, 6.45) is 6.01. The number of methoxy groups -OCH3 is 1. The SMILES string of the molecule is COc1cc(C=NC(C)C)cc2c1OC(C)(C)C=C2. The van der Waals surface area contributed by atoms with Crippen molar-refractivity contribution in [2.24, 2.45) is 4.99 Å². The molecular weight excluding hydrogens is 238 g/mol. The van der Waals surface area contributed by atoms with Gasteiger partial charge < -0.3 is 9.47 Å². The minimum absolute atomic E-state index is 0.285. The van der Waals surface area contributed by atoms with Gasteiger partial charge in [-0.1, -0.05) is 6.08 Å². The molecule has 0 bridgehead atoms. The Morgan fingerprint density at radius 1 is 1.32 bits per heavy atom. The van der Waals surface area contributed by atoms with E-state index < -0.39 is 0 Å². The number of aliphatic imine (C=N–C) groups is 1. The van der Waals surface area contributed by atoms with E-state index in [2.05, 4.69) is 37.1 Å². The standard InChI is InChI=1S/C16H21NO2/c1-11(2)17-10-12-8-13-6-7-16(3,4)19-15(13)14(9-12)18-5/h6-11H,1-5H3. The summed E-state index contributed by atoms with van der Waals surface area (Å²) in [7, 11) is 1.66. The van der Waals surface area contributed by atoms with Crippen molar-refractivity contribution in [3.8, 4) is 11.5 Å². The molecule has 0 fully saturated rings. The maximum Gasteiger partial charge on any atom is 0.169 e. The Morgan fingerprint density at radius 2 is 2.05 bits per heavy atom. The lowest BCUT2D eigenvalue weighted by Gasteiger charge is -2.29. The number of rotatable bonds is 3. The van der Waals surface area contributed by atoms with E-state index >= 15 is 0 Å². The van der Waals surface area contributed by atoms with Crippen LogP contribution in [0, 0.1) is 0 Å². The van der Waals surface area contributed by atoms with Gasteiger partial charge in [0.1, 0.15) is 5.60 Å². The second kappa shape index (κ2) is 5.08. The molecule has 3 nitrogen and oxygen atoms in total. The Hall–Kier alpha value is -1.77. The van der Waals surface area contributed by atoms with Gasteiger partial charge in [0.25, 0.3) is 0 Å². The Kier molecular flexibility index (Phi) is 3.65. The topological polar surface area (TPSA) is 30.8 Å². The van der Waals surface area contributed by atoms with Gasteiger partial charge in [-0.25, -0.2) is 0 Å². The summed E-state index contributed by atoms with van der Waals surface area (Å²) in [4.78, 5) is 4.40. The van der Waals surface area contributed by atoms with E-state index in [1.807, 2.05) is 26.1 Å². The van der Waals surface area contributed by atoms with E-state index in [0.29, 0.717) is 0 Å². The normalized spacial score (nSPS) is 16.5.